The molecular formula is C19H23F3. The van der Waals surface area contributed by atoms with E-state index in [1.807, 2.05) is 0 Å². The van der Waals surface area contributed by atoms with Crippen LogP contribution in [0, 0.1) is 35.2 Å². The van der Waals surface area contributed by atoms with Gasteiger partial charge in [-0.15, -0.1) is 0 Å². The fourth-order valence-corrected chi connectivity index (χ4v) is 3.79. The highest BCUT2D eigenvalue weighted by atomic mass is 19.2. The number of unbranched alkanes of at least 4 members (excludes halogenated alkanes) is 2. The van der Waals surface area contributed by atoms with E-state index in [4.69, 9.17) is 0 Å². The monoisotopic (exact) mass is 308 g/mol. The van der Waals surface area contributed by atoms with Crippen molar-refractivity contribution in [2.45, 2.75) is 51.9 Å². The molecule has 1 aromatic carbocycles. The number of halogens is 3. The SMILES string of the molecule is CCCCCC1CC(C2C=C(c3cc(F)c(F)c(F)c3)C2)C1. The van der Waals surface area contributed by atoms with Crippen molar-refractivity contribution in [1.29, 1.82) is 0 Å². The largest absolute Gasteiger partial charge is 0.204 e. The molecule has 2 aliphatic rings. The first kappa shape index (κ1) is 15.6. The van der Waals surface area contributed by atoms with Crippen LogP contribution in [0.2, 0.25) is 0 Å². The van der Waals surface area contributed by atoms with E-state index in [9.17, 15) is 13.2 Å². The Labute approximate surface area is 130 Å². The van der Waals surface area contributed by atoms with Crippen molar-refractivity contribution in [3.05, 3.63) is 41.2 Å². The summed E-state index contributed by atoms with van der Waals surface area (Å²) in [6, 6.07) is 2.21. The first-order chi connectivity index (χ1) is 10.6. The van der Waals surface area contributed by atoms with Gasteiger partial charge in [0.25, 0.3) is 0 Å². The Morgan fingerprint density at radius 2 is 1.68 bits per heavy atom. The second kappa shape index (κ2) is 6.47. The lowest BCUT2D eigenvalue weighted by molar-refractivity contribution is 0.131. The highest BCUT2D eigenvalue weighted by Gasteiger charge is 2.37. The predicted molar refractivity (Wildman–Crippen MR) is 82.8 cm³/mol. The molecule has 1 aromatic rings. The highest BCUT2D eigenvalue weighted by molar-refractivity contribution is 5.71. The van der Waals surface area contributed by atoms with Gasteiger partial charge < -0.3 is 0 Å². The van der Waals surface area contributed by atoms with Crippen LogP contribution >= 0.6 is 0 Å². The van der Waals surface area contributed by atoms with Crippen LogP contribution in [0.1, 0.15) is 57.4 Å². The summed E-state index contributed by atoms with van der Waals surface area (Å²) in [7, 11) is 0. The van der Waals surface area contributed by atoms with E-state index in [1.54, 1.807) is 0 Å². The summed E-state index contributed by atoms with van der Waals surface area (Å²) in [6.45, 7) is 2.23. The molecule has 0 spiro atoms. The Balaban J connectivity index is 1.51. The number of hydrogen-bond acceptors (Lipinski definition) is 0. The summed E-state index contributed by atoms with van der Waals surface area (Å²) < 4.78 is 39.5. The van der Waals surface area contributed by atoms with E-state index in [0.29, 0.717) is 11.5 Å². The molecular weight excluding hydrogens is 285 g/mol. The molecule has 0 bridgehead atoms. The summed E-state index contributed by atoms with van der Waals surface area (Å²) in [5, 5.41) is 0. The maximum Gasteiger partial charge on any atom is 0.194 e. The summed E-state index contributed by atoms with van der Waals surface area (Å²) in [5.74, 6) is -1.40. The minimum Gasteiger partial charge on any atom is -0.204 e. The Morgan fingerprint density at radius 3 is 2.27 bits per heavy atom. The summed E-state index contributed by atoms with van der Waals surface area (Å²) >= 11 is 0. The molecule has 2 aliphatic carbocycles. The third-order valence-electron chi connectivity index (χ3n) is 5.32. The van der Waals surface area contributed by atoms with Crippen LogP contribution in [-0.4, -0.2) is 0 Å². The fourth-order valence-electron chi connectivity index (χ4n) is 3.79. The number of rotatable bonds is 6. The second-order valence-corrected chi connectivity index (χ2v) is 6.91. The van der Waals surface area contributed by atoms with E-state index < -0.39 is 17.5 Å². The lowest BCUT2D eigenvalue weighted by Gasteiger charge is -2.43. The van der Waals surface area contributed by atoms with Gasteiger partial charge in [-0.25, -0.2) is 13.2 Å². The van der Waals surface area contributed by atoms with Gasteiger partial charge in [-0.2, -0.15) is 0 Å². The molecule has 1 saturated carbocycles. The van der Waals surface area contributed by atoms with Gasteiger partial charge in [0, 0.05) is 0 Å². The average Bonchev–Trinajstić information content (AvgIpc) is 2.39. The van der Waals surface area contributed by atoms with Gasteiger partial charge in [-0.1, -0.05) is 38.7 Å². The van der Waals surface area contributed by atoms with Crippen molar-refractivity contribution in [2.24, 2.45) is 17.8 Å². The van der Waals surface area contributed by atoms with Crippen molar-refractivity contribution in [1.82, 2.24) is 0 Å². The maximum absolute atomic E-state index is 13.3. The second-order valence-electron chi connectivity index (χ2n) is 6.91. The fraction of sp³-hybridized carbons (Fsp3) is 0.579. The third-order valence-corrected chi connectivity index (χ3v) is 5.32. The van der Waals surface area contributed by atoms with E-state index in [-0.39, 0.29) is 0 Å². The minimum atomic E-state index is -1.38. The first-order valence-corrected chi connectivity index (χ1v) is 8.44. The van der Waals surface area contributed by atoms with Crippen LogP contribution in [0.5, 0.6) is 0 Å². The zero-order valence-corrected chi connectivity index (χ0v) is 13.0. The van der Waals surface area contributed by atoms with Crippen LogP contribution in [0.15, 0.2) is 18.2 Å². The van der Waals surface area contributed by atoms with Crippen LogP contribution in [0.4, 0.5) is 13.2 Å². The van der Waals surface area contributed by atoms with Crippen LogP contribution in [0.3, 0.4) is 0 Å². The number of hydrogen-bond donors (Lipinski definition) is 0. The molecule has 3 rings (SSSR count). The molecule has 0 N–H and O–H groups in total. The van der Waals surface area contributed by atoms with E-state index in [2.05, 4.69) is 13.0 Å². The van der Waals surface area contributed by atoms with Crippen molar-refractivity contribution < 1.29 is 13.2 Å². The van der Waals surface area contributed by atoms with Crippen LogP contribution in [-0.2, 0) is 0 Å². The third kappa shape index (κ3) is 3.09. The van der Waals surface area contributed by atoms with Gasteiger partial charge in [0.05, 0.1) is 0 Å². The molecule has 0 amide bonds. The number of allylic oxidation sites excluding steroid dienone is 2. The lowest BCUT2D eigenvalue weighted by Crippen LogP contribution is -2.32. The molecule has 0 radical (unpaired) electrons. The maximum atomic E-state index is 13.3. The predicted octanol–water partition coefficient (Wildman–Crippen LogP) is 6.11. The lowest BCUT2D eigenvalue weighted by atomic mass is 9.62. The highest BCUT2D eigenvalue weighted by Crippen LogP contribution is 2.49. The first-order valence-electron chi connectivity index (χ1n) is 8.44. The topological polar surface area (TPSA) is 0 Å². The smallest absolute Gasteiger partial charge is 0.194 e. The zero-order chi connectivity index (χ0) is 15.7. The molecule has 0 heterocycles. The molecule has 22 heavy (non-hydrogen) atoms. The summed E-state index contributed by atoms with van der Waals surface area (Å²) in [5.41, 5.74) is 1.45. The Morgan fingerprint density at radius 1 is 1.05 bits per heavy atom. The van der Waals surface area contributed by atoms with Gasteiger partial charge in [0.2, 0.25) is 0 Å². The van der Waals surface area contributed by atoms with Crippen molar-refractivity contribution in [3.63, 3.8) is 0 Å². The molecule has 120 valence electrons. The zero-order valence-electron chi connectivity index (χ0n) is 13.0. The van der Waals surface area contributed by atoms with Gasteiger partial charge in [0.15, 0.2) is 17.5 Å². The van der Waals surface area contributed by atoms with Crippen molar-refractivity contribution in [3.8, 4) is 0 Å². The van der Waals surface area contributed by atoms with E-state index in [0.717, 1.165) is 36.0 Å². The van der Waals surface area contributed by atoms with Crippen molar-refractivity contribution in [2.75, 3.05) is 0 Å². The number of benzene rings is 1. The molecule has 0 aliphatic heterocycles. The van der Waals surface area contributed by atoms with E-state index in [1.165, 1.54) is 38.5 Å². The van der Waals surface area contributed by atoms with Gasteiger partial charge in [-0.05, 0) is 60.3 Å². The standard InChI is InChI=1S/C19H23F3/c1-2-3-4-5-12-6-13(7-12)14-8-15(9-14)16-10-17(20)19(22)18(21)11-16/h8,10-14H,2-7,9H2,1H3. The molecule has 1 unspecified atom stereocenters. The Kier molecular flexibility index (Phi) is 4.60. The van der Waals surface area contributed by atoms with Crippen LogP contribution in [0.25, 0.3) is 5.57 Å². The minimum absolute atomic E-state index is 0.492. The Hall–Kier alpha value is -1.25. The molecule has 0 aromatic heterocycles. The molecule has 0 saturated heterocycles. The molecule has 1 fully saturated rings. The summed E-state index contributed by atoms with van der Waals surface area (Å²) in [4.78, 5) is 0. The molecule has 3 heteroatoms. The molecule has 1 atom stereocenters. The van der Waals surface area contributed by atoms with Gasteiger partial charge in [0.1, 0.15) is 0 Å². The van der Waals surface area contributed by atoms with Gasteiger partial charge >= 0.3 is 0 Å². The molecule has 0 nitrogen and oxygen atoms in total. The van der Waals surface area contributed by atoms with Gasteiger partial charge in [-0.3, -0.25) is 0 Å². The van der Waals surface area contributed by atoms with Crippen molar-refractivity contribution >= 4 is 5.57 Å². The average molecular weight is 308 g/mol. The van der Waals surface area contributed by atoms with E-state index >= 15 is 0 Å². The quantitative estimate of drug-likeness (QED) is 0.439. The van der Waals surface area contributed by atoms with Crippen LogP contribution < -0.4 is 0 Å². The Bertz CT molecular complexity index is 547. The normalized spacial score (nSPS) is 27.1. The summed E-state index contributed by atoms with van der Waals surface area (Å²) in [6.07, 6.45) is 10.9.